The first kappa shape index (κ1) is 29.6. The minimum Gasteiger partial charge on any atom is -0.459 e. The first-order chi connectivity index (χ1) is 16.8. The molecule has 0 aromatic heterocycles. The molecule has 0 bridgehead atoms. The second kappa shape index (κ2) is 13.1. The Labute approximate surface area is 218 Å². The van der Waals surface area contributed by atoms with Crippen LogP contribution in [0.2, 0.25) is 0 Å². The van der Waals surface area contributed by atoms with E-state index < -0.39 is 0 Å². The Morgan fingerprint density at radius 2 is 1.08 bits per heavy atom. The largest absolute Gasteiger partial charge is 0.459 e. The summed E-state index contributed by atoms with van der Waals surface area (Å²) in [4.78, 5) is 25.8. The molecular formula is C32H46O4. The molecule has 2 unspecified atom stereocenters. The predicted octanol–water partition coefficient (Wildman–Crippen LogP) is 8.41. The van der Waals surface area contributed by atoms with Crippen LogP contribution in [-0.2, 0) is 20.3 Å². The highest BCUT2D eigenvalue weighted by Gasteiger charge is 2.24. The fourth-order valence-electron chi connectivity index (χ4n) is 4.09. The molecule has 0 N–H and O–H groups in total. The Kier molecular flexibility index (Phi) is 10.8. The van der Waals surface area contributed by atoms with E-state index in [1.165, 1.54) is 11.1 Å². The molecule has 0 aliphatic rings. The van der Waals surface area contributed by atoms with Gasteiger partial charge in [0.15, 0.2) is 0 Å². The Balaban J connectivity index is 2.07. The molecule has 2 rings (SSSR count). The SMILES string of the molecule is CCCCCC(CC(CC)OC(=O)c1ccc(C(C)(C)C)cc1)OC(=O)c1ccc(C(C)(C)C)cc1. The summed E-state index contributed by atoms with van der Waals surface area (Å²) in [6.07, 6.45) is 4.43. The molecule has 0 aliphatic carbocycles. The van der Waals surface area contributed by atoms with E-state index >= 15 is 0 Å². The number of carbonyl (C=O) groups is 2. The summed E-state index contributed by atoms with van der Waals surface area (Å²) in [7, 11) is 0. The maximum Gasteiger partial charge on any atom is 0.338 e. The third-order valence-corrected chi connectivity index (χ3v) is 6.63. The number of carbonyl (C=O) groups excluding carboxylic acids is 2. The van der Waals surface area contributed by atoms with E-state index in [-0.39, 0.29) is 35.0 Å². The van der Waals surface area contributed by atoms with E-state index in [1.54, 1.807) is 0 Å². The lowest BCUT2D eigenvalue weighted by molar-refractivity contribution is -0.00340. The van der Waals surface area contributed by atoms with E-state index in [4.69, 9.17) is 9.47 Å². The molecule has 0 spiro atoms. The highest BCUT2D eigenvalue weighted by molar-refractivity contribution is 5.90. The van der Waals surface area contributed by atoms with Gasteiger partial charge in [-0.25, -0.2) is 9.59 Å². The number of benzene rings is 2. The molecule has 2 aromatic carbocycles. The average molecular weight is 495 g/mol. The fourth-order valence-corrected chi connectivity index (χ4v) is 4.09. The quantitative estimate of drug-likeness (QED) is 0.232. The zero-order chi connectivity index (χ0) is 26.9. The van der Waals surface area contributed by atoms with Crippen molar-refractivity contribution in [2.24, 2.45) is 0 Å². The highest BCUT2D eigenvalue weighted by atomic mass is 16.6. The minimum atomic E-state index is -0.335. The summed E-state index contributed by atoms with van der Waals surface area (Å²) in [6, 6.07) is 15.3. The standard InChI is InChI=1S/C32H46O4/c1-9-11-12-13-28(36-30(34)24-16-20-26(21-17-24)32(6,7)8)22-27(10-2)35-29(33)23-14-18-25(19-15-23)31(3,4)5/h14-21,27-28H,9-13,22H2,1-8H3. The van der Waals surface area contributed by atoms with Crippen LogP contribution in [0.3, 0.4) is 0 Å². The maximum absolute atomic E-state index is 12.9. The maximum atomic E-state index is 12.9. The number of ether oxygens (including phenoxy) is 2. The minimum absolute atomic E-state index is 0.0242. The zero-order valence-corrected chi connectivity index (χ0v) is 23.6. The molecule has 198 valence electrons. The Bertz CT molecular complexity index is 959. The lowest BCUT2D eigenvalue weighted by Gasteiger charge is -2.24. The van der Waals surface area contributed by atoms with Crippen molar-refractivity contribution in [1.29, 1.82) is 0 Å². The van der Waals surface area contributed by atoms with Crippen molar-refractivity contribution in [3.05, 3.63) is 70.8 Å². The van der Waals surface area contributed by atoms with Crippen molar-refractivity contribution >= 4 is 11.9 Å². The van der Waals surface area contributed by atoms with E-state index in [0.29, 0.717) is 24.0 Å². The van der Waals surface area contributed by atoms with Crippen LogP contribution in [0.5, 0.6) is 0 Å². The van der Waals surface area contributed by atoms with Crippen LogP contribution in [0.4, 0.5) is 0 Å². The second-order valence-corrected chi connectivity index (χ2v) is 11.8. The average Bonchev–Trinajstić information content (AvgIpc) is 2.82. The van der Waals surface area contributed by atoms with Crippen LogP contribution in [0.1, 0.15) is 126 Å². The third kappa shape index (κ3) is 9.11. The smallest absolute Gasteiger partial charge is 0.338 e. The van der Waals surface area contributed by atoms with Gasteiger partial charge >= 0.3 is 11.9 Å². The molecular weight excluding hydrogens is 448 g/mol. The van der Waals surface area contributed by atoms with Gasteiger partial charge in [0.2, 0.25) is 0 Å². The van der Waals surface area contributed by atoms with Crippen LogP contribution in [0.15, 0.2) is 48.5 Å². The van der Waals surface area contributed by atoms with Gasteiger partial charge in [0.25, 0.3) is 0 Å². The molecule has 2 aromatic rings. The summed E-state index contributed by atoms with van der Waals surface area (Å²) >= 11 is 0. The van der Waals surface area contributed by atoms with Crippen LogP contribution >= 0.6 is 0 Å². The normalized spacial score (nSPS) is 13.7. The molecule has 0 saturated carbocycles. The third-order valence-electron chi connectivity index (χ3n) is 6.63. The zero-order valence-electron chi connectivity index (χ0n) is 23.6. The fraction of sp³-hybridized carbons (Fsp3) is 0.562. The number of hydrogen-bond acceptors (Lipinski definition) is 4. The molecule has 36 heavy (non-hydrogen) atoms. The van der Waals surface area contributed by atoms with Gasteiger partial charge in [-0.15, -0.1) is 0 Å². The van der Waals surface area contributed by atoms with E-state index in [0.717, 1.165) is 25.7 Å². The van der Waals surface area contributed by atoms with Crippen molar-refractivity contribution in [3.63, 3.8) is 0 Å². The molecule has 4 heteroatoms. The van der Waals surface area contributed by atoms with Crippen molar-refractivity contribution in [1.82, 2.24) is 0 Å². The molecule has 0 radical (unpaired) electrons. The van der Waals surface area contributed by atoms with Crippen molar-refractivity contribution < 1.29 is 19.1 Å². The highest BCUT2D eigenvalue weighted by Crippen LogP contribution is 2.25. The Morgan fingerprint density at radius 3 is 1.44 bits per heavy atom. The summed E-state index contributed by atoms with van der Waals surface area (Å²) in [5, 5.41) is 0. The molecule has 2 atom stereocenters. The van der Waals surface area contributed by atoms with Crippen molar-refractivity contribution in [2.45, 2.75) is 117 Å². The van der Waals surface area contributed by atoms with Crippen LogP contribution in [-0.4, -0.2) is 24.1 Å². The summed E-state index contributed by atoms with van der Waals surface area (Å²) in [6.45, 7) is 17.0. The van der Waals surface area contributed by atoms with E-state index in [1.807, 2.05) is 55.5 Å². The molecule has 0 amide bonds. The van der Waals surface area contributed by atoms with E-state index in [9.17, 15) is 9.59 Å². The lowest BCUT2D eigenvalue weighted by Crippen LogP contribution is -2.27. The first-order valence-electron chi connectivity index (χ1n) is 13.5. The second-order valence-electron chi connectivity index (χ2n) is 11.8. The van der Waals surface area contributed by atoms with Gasteiger partial charge in [0.1, 0.15) is 12.2 Å². The first-order valence-corrected chi connectivity index (χ1v) is 13.5. The summed E-state index contributed by atoms with van der Waals surface area (Å²) in [5.74, 6) is -0.658. The predicted molar refractivity (Wildman–Crippen MR) is 148 cm³/mol. The van der Waals surface area contributed by atoms with Gasteiger partial charge in [-0.3, -0.25) is 0 Å². The van der Waals surface area contributed by atoms with Crippen LogP contribution in [0, 0.1) is 0 Å². The van der Waals surface area contributed by atoms with Gasteiger partial charge < -0.3 is 9.47 Å². The van der Waals surface area contributed by atoms with Gasteiger partial charge in [0.05, 0.1) is 11.1 Å². The number of rotatable bonds is 11. The van der Waals surface area contributed by atoms with Gasteiger partial charge in [0, 0.05) is 6.42 Å². The van der Waals surface area contributed by atoms with Crippen molar-refractivity contribution in [2.75, 3.05) is 0 Å². The van der Waals surface area contributed by atoms with Crippen LogP contribution in [0.25, 0.3) is 0 Å². The van der Waals surface area contributed by atoms with E-state index in [2.05, 4.69) is 48.5 Å². The van der Waals surface area contributed by atoms with Crippen molar-refractivity contribution in [3.8, 4) is 0 Å². The Morgan fingerprint density at radius 1 is 0.667 bits per heavy atom. The number of esters is 2. The summed E-state index contributed by atoms with van der Waals surface area (Å²) < 4.78 is 11.8. The monoisotopic (exact) mass is 494 g/mol. The van der Waals surface area contributed by atoms with Gasteiger partial charge in [-0.05, 0) is 65.5 Å². The lowest BCUT2D eigenvalue weighted by atomic mass is 9.87. The number of unbranched alkanes of at least 4 members (excludes halogenated alkanes) is 2. The van der Waals surface area contributed by atoms with Crippen LogP contribution < -0.4 is 0 Å². The molecule has 0 saturated heterocycles. The van der Waals surface area contributed by atoms with Gasteiger partial charge in [-0.1, -0.05) is 92.5 Å². The molecule has 4 nitrogen and oxygen atoms in total. The number of hydrogen-bond donors (Lipinski definition) is 0. The van der Waals surface area contributed by atoms with Gasteiger partial charge in [-0.2, -0.15) is 0 Å². The molecule has 0 heterocycles. The summed E-state index contributed by atoms with van der Waals surface area (Å²) in [5.41, 5.74) is 3.48. The Hall–Kier alpha value is -2.62. The molecule has 0 aliphatic heterocycles. The molecule has 0 fully saturated rings. The topological polar surface area (TPSA) is 52.6 Å².